The second kappa shape index (κ2) is 6.97. The van der Waals surface area contributed by atoms with Crippen LogP contribution in [0.15, 0.2) is 51.8 Å². The first-order chi connectivity index (χ1) is 13.4. The minimum absolute atomic E-state index is 0.180. The van der Waals surface area contributed by atoms with Crippen molar-refractivity contribution in [3.63, 3.8) is 0 Å². The van der Waals surface area contributed by atoms with Crippen LogP contribution in [0, 0.1) is 17.6 Å². The molecule has 2 heterocycles. The van der Waals surface area contributed by atoms with Crippen LogP contribution in [0.3, 0.4) is 0 Å². The van der Waals surface area contributed by atoms with E-state index >= 15 is 0 Å². The average Bonchev–Trinajstić information content (AvgIpc) is 2.96. The fraction of sp³-hybridized carbons (Fsp3) is 0.263. The predicted molar refractivity (Wildman–Crippen MR) is 99.4 cm³/mol. The molecule has 0 aromatic heterocycles. The molecule has 146 valence electrons. The van der Waals surface area contributed by atoms with Crippen LogP contribution < -0.4 is 5.32 Å². The Kier molecular flexibility index (Phi) is 4.62. The number of sulfonamides is 1. The summed E-state index contributed by atoms with van der Waals surface area (Å²) in [6, 6.07) is 10.0. The molecule has 2 aliphatic rings. The number of hydrogen-bond donors (Lipinski definition) is 1. The Morgan fingerprint density at radius 2 is 1.68 bits per heavy atom. The number of rotatable bonds is 2. The van der Waals surface area contributed by atoms with Gasteiger partial charge < -0.3 is 10.2 Å². The third-order valence-corrected chi connectivity index (χ3v) is 6.31. The van der Waals surface area contributed by atoms with Gasteiger partial charge in [0.2, 0.25) is 5.91 Å². The van der Waals surface area contributed by atoms with Crippen LogP contribution in [-0.2, 0) is 14.8 Å². The fourth-order valence-electron chi connectivity index (χ4n) is 3.51. The van der Waals surface area contributed by atoms with E-state index in [1.165, 1.54) is 12.1 Å². The topological polar surface area (TPSA) is 78.8 Å². The summed E-state index contributed by atoms with van der Waals surface area (Å²) in [4.78, 5) is 14.4. The van der Waals surface area contributed by atoms with Crippen LogP contribution in [0.25, 0.3) is 0 Å². The van der Waals surface area contributed by atoms with Crippen molar-refractivity contribution in [2.75, 3.05) is 18.4 Å². The number of carbonyl (C=O) groups excluding carboxylic acids is 1. The highest BCUT2D eigenvalue weighted by Gasteiger charge is 2.34. The first-order valence-electron chi connectivity index (χ1n) is 8.81. The number of halogens is 2. The number of para-hydroxylation sites is 1. The highest BCUT2D eigenvalue weighted by atomic mass is 32.2. The molecule has 0 unspecified atom stereocenters. The van der Waals surface area contributed by atoms with E-state index in [4.69, 9.17) is 0 Å². The van der Waals surface area contributed by atoms with E-state index in [1.807, 2.05) is 4.90 Å². The molecule has 1 saturated heterocycles. The van der Waals surface area contributed by atoms with Crippen LogP contribution in [0.5, 0.6) is 0 Å². The maximum atomic E-state index is 13.7. The molecule has 2 aromatic carbocycles. The number of carbonyl (C=O) groups is 1. The molecular weight excluding hydrogens is 388 g/mol. The molecule has 1 fully saturated rings. The van der Waals surface area contributed by atoms with E-state index in [1.54, 1.807) is 18.2 Å². The molecule has 2 aromatic rings. The zero-order valence-corrected chi connectivity index (χ0v) is 15.5. The van der Waals surface area contributed by atoms with E-state index < -0.39 is 39.2 Å². The minimum Gasteiger partial charge on any atom is -0.355 e. The van der Waals surface area contributed by atoms with Crippen LogP contribution in [0.2, 0.25) is 0 Å². The van der Waals surface area contributed by atoms with Gasteiger partial charge in [-0.1, -0.05) is 18.2 Å². The fourth-order valence-corrected chi connectivity index (χ4v) is 4.74. The van der Waals surface area contributed by atoms with Gasteiger partial charge in [0.15, 0.2) is 5.84 Å². The highest BCUT2D eigenvalue weighted by molar-refractivity contribution is 7.90. The van der Waals surface area contributed by atoms with Crippen molar-refractivity contribution in [3.05, 3.63) is 59.7 Å². The minimum atomic E-state index is -3.70. The highest BCUT2D eigenvalue weighted by Crippen LogP contribution is 2.30. The van der Waals surface area contributed by atoms with E-state index in [9.17, 15) is 22.0 Å². The van der Waals surface area contributed by atoms with Crippen molar-refractivity contribution in [2.24, 2.45) is 10.3 Å². The molecule has 0 spiro atoms. The predicted octanol–water partition coefficient (Wildman–Crippen LogP) is 2.76. The quantitative estimate of drug-likeness (QED) is 0.833. The monoisotopic (exact) mass is 405 g/mol. The smallest absolute Gasteiger partial charge is 0.285 e. The molecule has 28 heavy (non-hydrogen) atoms. The zero-order chi connectivity index (χ0) is 19.9. The molecule has 0 aliphatic carbocycles. The lowest BCUT2D eigenvalue weighted by atomic mass is 9.95. The number of nitrogens with zero attached hydrogens (tertiary/aromatic N) is 2. The van der Waals surface area contributed by atoms with Gasteiger partial charge in [-0.25, -0.2) is 8.78 Å². The summed E-state index contributed by atoms with van der Waals surface area (Å²) in [5.74, 6) is -2.15. The number of nitrogens with one attached hydrogen (secondary N) is 1. The number of benzene rings is 2. The second-order valence-electron chi connectivity index (χ2n) is 6.73. The molecule has 1 amide bonds. The summed E-state index contributed by atoms with van der Waals surface area (Å²) in [5.41, 5.74) is 0.106. The van der Waals surface area contributed by atoms with Crippen molar-refractivity contribution >= 4 is 27.5 Å². The molecule has 0 radical (unpaired) electrons. The summed E-state index contributed by atoms with van der Waals surface area (Å²) in [6.07, 6.45) is 0.840. The van der Waals surface area contributed by atoms with Gasteiger partial charge in [-0.2, -0.15) is 8.42 Å². The molecule has 9 heteroatoms. The van der Waals surface area contributed by atoms with Crippen molar-refractivity contribution in [1.82, 2.24) is 4.90 Å². The zero-order valence-electron chi connectivity index (χ0n) is 14.7. The normalized spacial score (nSPS) is 18.5. The molecule has 0 bridgehead atoms. The number of piperidine rings is 1. The number of likely N-dealkylation sites (tertiary alicyclic amines) is 1. The van der Waals surface area contributed by atoms with Crippen LogP contribution in [-0.4, -0.2) is 38.2 Å². The summed E-state index contributed by atoms with van der Waals surface area (Å²) in [5, 5.41) is 2.33. The molecule has 0 saturated carbocycles. The number of anilines is 1. The Bertz CT molecular complexity index is 1060. The Labute approximate surface area is 160 Å². The van der Waals surface area contributed by atoms with Gasteiger partial charge in [-0.15, -0.1) is 4.40 Å². The van der Waals surface area contributed by atoms with Gasteiger partial charge in [-0.05, 0) is 37.1 Å². The summed E-state index contributed by atoms with van der Waals surface area (Å²) >= 11 is 0. The Balaban J connectivity index is 1.45. The van der Waals surface area contributed by atoms with E-state index in [2.05, 4.69) is 9.71 Å². The van der Waals surface area contributed by atoms with Crippen molar-refractivity contribution in [1.29, 1.82) is 0 Å². The Morgan fingerprint density at radius 1 is 1.04 bits per heavy atom. The third-order valence-electron chi connectivity index (χ3n) is 4.99. The molecule has 4 rings (SSSR count). The first kappa shape index (κ1) is 18.5. The Morgan fingerprint density at radius 3 is 2.36 bits per heavy atom. The molecule has 1 N–H and O–H groups in total. The van der Waals surface area contributed by atoms with E-state index in [0.29, 0.717) is 37.3 Å². The standard InChI is InChI=1S/C19H17F2N3O3S/c20-14-5-3-6-15(21)17(14)22-19(25)12-8-10-24(11-9-12)18-13-4-1-2-7-16(13)28(26,27)23-18/h1-7,12H,8-11H2,(H,22,25). The maximum Gasteiger partial charge on any atom is 0.285 e. The largest absolute Gasteiger partial charge is 0.355 e. The SMILES string of the molecule is O=C(Nc1c(F)cccc1F)C1CCN(C2=NS(=O)(=O)c3ccccc32)CC1. The van der Waals surface area contributed by atoms with Crippen molar-refractivity contribution in [2.45, 2.75) is 17.7 Å². The summed E-state index contributed by atoms with van der Waals surface area (Å²) in [7, 11) is -3.70. The lowest BCUT2D eigenvalue weighted by Crippen LogP contribution is -2.41. The summed E-state index contributed by atoms with van der Waals surface area (Å²) < 4.78 is 55.7. The second-order valence-corrected chi connectivity index (χ2v) is 8.31. The molecular formula is C19H17F2N3O3S. The van der Waals surface area contributed by atoms with Gasteiger partial charge >= 0.3 is 0 Å². The first-order valence-corrected chi connectivity index (χ1v) is 10.2. The Hall–Kier alpha value is -2.81. The van der Waals surface area contributed by atoms with Gasteiger partial charge in [-0.3, -0.25) is 4.79 Å². The molecule has 2 aliphatic heterocycles. The lowest BCUT2D eigenvalue weighted by molar-refractivity contribution is -0.121. The maximum absolute atomic E-state index is 13.7. The summed E-state index contributed by atoms with van der Waals surface area (Å²) in [6.45, 7) is 0.834. The number of amidine groups is 1. The number of fused-ring (bicyclic) bond motifs is 1. The van der Waals surface area contributed by atoms with Crippen molar-refractivity contribution < 1.29 is 22.0 Å². The molecule has 6 nitrogen and oxygen atoms in total. The van der Waals surface area contributed by atoms with Crippen LogP contribution in [0.1, 0.15) is 18.4 Å². The van der Waals surface area contributed by atoms with Gasteiger partial charge in [0.05, 0.1) is 0 Å². The van der Waals surface area contributed by atoms with Gasteiger partial charge in [0.1, 0.15) is 22.2 Å². The van der Waals surface area contributed by atoms with Crippen molar-refractivity contribution in [3.8, 4) is 0 Å². The van der Waals surface area contributed by atoms with E-state index in [-0.39, 0.29) is 4.90 Å². The molecule has 0 atom stereocenters. The third kappa shape index (κ3) is 3.26. The average molecular weight is 405 g/mol. The van der Waals surface area contributed by atoms with Crippen LogP contribution >= 0.6 is 0 Å². The van der Waals surface area contributed by atoms with Gasteiger partial charge in [0.25, 0.3) is 10.0 Å². The van der Waals surface area contributed by atoms with Crippen LogP contribution in [0.4, 0.5) is 14.5 Å². The van der Waals surface area contributed by atoms with Gasteiger partial charge in [0, 0.05) is 24.6 Å². The van der Waals surface area contributed by atoms with E-state index in [0.717, 1.165) is 12.1 Å². The lowest BCUT2D eigenvalue weighted by Gasteiger charge is -2.32. The number of hydrogen-bond acceptors (Lipinski definition) is 4. The number of amides is 1.